The number of benzene rings is 1. The standard InChI is InChI=1S/C23H23N11O/c1-15-28-21(35-32-15)17-2-3-18-19(11-17)30-22(29-18)31-20-10-16(4-5-25-20)12-33-6-8-34(9-7-33)23-26-13-24-14-27-23/h2-5,10-11,13-14H,6-9,12H2,1H3,(H2,25,29,30,31). The monoisotopic (exact) mass is 469 g/mol. The molecule has 0 aliphatic carbocycles. The van der Waals surface area contributed by atoms with Gasteiger partial charge in [-0.05, 0) is 42.8 Å². The maximum Gasteiger partial charge on any atom is 0.257 e. The Balaban J connectivity index is 1.11. The van der Waals surface area contributed by atoms with Gasteiger partial charge in [0.1, 0.15) is 18.5 Å². The van der Waals surface area contributed by atoms with Gasteiger partial charge in [0.25, 0.3) is 5.89 Å². The summed E-state index contributed by atoms with van der Waals surface area (Å²) in [4.78, 5) is 33.7. The molecule has 5 aromatic rings. The number of aromatic amines is 1. The van der Waals surface area contributed by atoms with E-state index in [9.17, 15) is 0 Å². The van der Waals surface area contributed by atoms with Crippen LogP contribution >= 0.6 is 0 Å². The minimum absolute atomic E-state index is 0.483. The number of nitrogens with one attached hydrogen (secondary N) is 2. The van der Waals surface area contributed by atoms with E-state index in [0.717, 1.165) is 61.1 Å². The van der Waals surface area contributed by atoms with E-state index in [1.807, 2.05) is 30.5 Å². The molecule has 0 spiro atoms. The van der Waals surface area contributed by atoms with E-state index >= 15 is 0 Å². The maximum atomic E-state index is 5.27. The van der Waals surface area contributed by atoms with Crippen LogP contribution in [0.25, 0.3) is 22.5 Å². The molecular weight excluding hydrogens is 446 g/mol. The molecule has 1 aliphatic heterocycles. The molecule has 0 saturated carbocycles. The summed E-state index contributed by atoms with van der Waals surface area (Å²) in [6, 6.07) is 9.88. The van der Waals surface area contributed by atoms with E-state index in [0.29, 0.717) is 17.7 Å². The van der Waals surface area contributed by atoms with Crippen molar-refractivity contribution in [1.29, 1.82) is 0 Å². The first-order valence-electron chi connectivity index (χ1n) is 11.3. The average Bonchev–Trinajstić information content (AvgIpc) is 3.50. The second kappa shape index (κ2) is 9.06. The fourth-order valence-electron chi connectivity index (χ4n) is 4.14. The number of pyridine rings is 1. The Morgan fingerprint density at radius 3 is 2.66 bits per heavy atom. The van der Waals surface area contributed by atoms with Crippen molar-refractivity contribution in [2.75, 3.05) is 36.4 Å². The van der Waals surface area contributed by atoms with Crippen molar-refractivity contribution < 1.29 is 4.52 Å². The molecule has 1 saturated heterocycles. The molecule has 35 heavy (non-hydrogen) atoms. The summed E-state index contributed by atoms with van der Waals surface area (Å²) in [5, 5.41) is 7.14. The molecule has 12 heteroatoms. The Morgan fingerprint density at radius 2 is 1.86 bits per heavy atom. The minimum Gasteiger partial charge on any atom is -0.338 e. The molecular formula is C23H23N11O. The Hall–Kier alpha value is -4.45. The second-order valence-electron chi connectivity index (χ2n) is 8.34. The summed E-state index contributed by atoms with van der Waals surface area (Å²) < 4.78 is 5.27. The number of piperazine rings is 1. The van der Waals surface area contributed by atoms with Crippen molar-refractivity contribution in [3.63, 3.8) is 0 Å². The zero-order chi connectivity index (χ0) is 23.6. The predicted octanol–water partition coefficient (Wildman–Crippen LogP) is 2.57. The summed E-state index contributed by atoms with van der Waals surface area (Å²) in [5.41, 5.74) is 3.72. The van der Waals surface area contributed by atoms with Crippen LogP contribution in [-0.4, -0.2) is 71.1 Å². The first kappa shape index (κ1) is 21.1. The van der Waals surface area contributed by atoms with Crippen LogP contribution in [0.3, 0.4) is 0 Å². The molecule has 0 radical (unpaired) electrons. The number of nitrogens with zero attached hydrogens (tertiary/aromatic N) is 9. The van der Waals surface area contributed by atoms with Crippen LogP contribution in [-0.2, 0) is 6.54 Å². The molecule has 4 aromatic heterocycles. The maximum absolute atomic E-state index is 5.27. The first-order chi connectivity index (χ1) is 17.2. The number of hydrogen-bond donors (Lipinski definition) is 2. The van der Waals surface area contributed by atoms with Crippen LogP contribution in [0.15, 0.2) is 53.7 Å². The average molecular weight is 470 g/mol. The van der Waals surface area contributed by atoms with Gasteiger partial charge in [0.15, 0.2) is 5.82 Å². The number of aromatic nitrogens is 8. The summed E-state index contributed by atoms with van der Waals surface area (Å²) in [7, 11) is 0. The minimum atomic E-state index is 0.483. The van der Waals surface area contributed by atoms with Gasteiger partial charge in [-0.25, -0.2) is 24.9 Å². The van der Waals surface area contributed by atoms with Gasteiger partial charge in [0.2, 0.25) is 11.9 Å². The Kier molecular flexibility index (Phi) is 5.47. The lowest BCUT2D eigenvalue weighted by molar-refractivity contribution is 0.248. The number of anilines is 3. The van der Waals surface area contributed by atoms with Crippen LogP contribution < -0.4 is 10.2 Å². The SMILES string of the molecule is Cc1noc(-c2ccc3nc(Nc4cc(CN5CCN(c6ncncn6)CC5)ccn4)[nH]c3c2)n1. The van der Waals surface area contributed by atoms with E-state index in [1.54, 1.807) is 6.92 Å². The fraction of sp³-hybridized carbons (Fsp3) is 0.261. The molecule has 5 heterocycles. The zero-order valence-corrected chi connectivity index (χ0v) is 19.1. The molecule has 1 aromatic carbocycles. The Morgan fingerprint density at radius 1 is 1.00 bits per heavy atom. The normalized spacial score (nSPS) is 14.5. The van der Waals surface area contributed by atoms with Gasteiger partial charge in [-0.2, -0.15) is 4.98 Å². The molecule has 0 unspecified atom stereocenters. The summed E-state index contributed by atoms with van der Waals surface area (Å²) in [6.07, 6.45) is 4.89. The number of aryl methyl sites for hydroxylation is 1. The third-order valence-electron chi connectivity index (χ3n) is 5.87. The largest absolute Gasteiger partial charge is 0.338 e. The van der Waals surface area contributed by atoms with Gasteiger partial charge < -0.3 is 19.7 Å². The first-order valence-corrected chi connectivity index (χ1v) is 11.3. The second-order valence-corrected chi connectivity index (χ2v) is 8.34. The Bertz CT molecular complexity index is 1440. The van der Waals surface area contributed by atoms with Crippen molar-refractivity contribution in [3.05, 3.63) is 60.6 Å². The van der Waals surface area contributed by atoms with Crippen molar-refractivity contribution in [2.24, 2.45) is 0 Å². The summed E-state index contributed by atoms with van der Waals surface area (Å²) >= 11 is 0. The van der Waals surface area contributed by atoms with Crippen molar-refractivity contribution >= 4 is 28.7 Å². The van der Waals surface area contributed by atoms with Crippen LogP contribution in [0.5, 0.6) is 0 Å². The molecule has 1 fully saturated rings. The van der Waals surface area contributed by atoms with Crippen LogP contribution in [0.4, 0.5) is 17.7 Å². The van der Waals surface area contributed by atoms with Crippen LogP contribution in [0, 0.1) is 6.92 Å². The molecule has 12 nitrogen and oxygen atoms in total. The van der Waals surface area contributed by atoms with Gasteiger partial charge in [-0.3, -0.25) is 4.90 Å². The van der Waals surface area contributed by atoms with E-state index in [4.69, 9.17) is 4.52 Å². The zero-order valence-electron chi connectivity index (χ0n) is 19.1. The highest BCUT2D eigenvalue weighted by atomic mass is 16.5. The van der Waals surface area contributed by atoms with Gasteiger partial charge in [0.05, 0.1) is 11.0 Å². The molecule has 1 aliphatic rings. The highest BCUT2D eigenvalue weighted by Gasteiger charge is 2.19. The highest BCUT2D eigenvalue weighted by molar-refractivity contribution is 5.82. The lowest BCUT2D eigenvalue weighted by atomic mass is 10.2. The molecule has 2 N–H and O–H groups in total. The van der Waals surface area contributed by atoms with Gasteiger partial charge in [-0.15, -0.1) is 0 Å². The van der Waals surface area contributed by atoms with Gasteiger partial charge in [0, 0.05) is 44.5 Å². The quantitative estimate of drug-likeness (QED) is 0.379. The van der Waals surface area contributed by atoms with Crippen molar-refractivity contribution in [3.8, 4) is 11.5 Å². The summed E-state index contributed by atoms with van der Waals surface area (Å²) in [5.74, 6) is 3.17. The number of rotatable bonds is 6. The molecule has 0 bridgehead atoms. The number of fused-ring (bicyclic) bond motifs is 1. The lowest BCUT2D eigenvalue weighted by Crippen LogP contribution is -2.46. The molecule has 0 atom stereocenters. The molecule has 0 amide bonds. The smallest absolute Gasteiger partial charge is 0.257 e. The van der Waals surface area contributed by atoms with Gasteiger partial charge >= 0.3 is 0 Å². The third-order valence-corrected chi connectivity index (χ3v) is 5.87. The summed E-state index contributed by atoms with van der Waals surface area (Å²) in [6.45, 7) is 6.26. The van der Waals surface area contributed by atoms with E-state index in [2.05, 4.69) is 61.2 Å². The number of imidazole rings is 1. The predicted molar refractivity (Wildman–Crippen MR) is 129 cm³/mol. The lowest BCUT2D eigenvalue weighted by Gasteiger charge is -2.34. The topological polar surface area (TPSA) is 138 Å². The van der Waals surface area contributed by atoms with E-state index in [-0.39, 0.29) is 0 Å². The molecule has 176 valence electrons. The van der Waals surface area contributed by atoms with Crippen LogP contribution in [0.1, 0.15) is 11.4 Å². The van der Waals surface area contributed by atoms with Gasteiger partial charge in [-0.1, -0.05) is 5.16 Å². The third kappa shape index (κ3) is 4.64. The van der Waals surface area contributed by atoms with Crippen molar-refractivity contribution in [1.82, 2.24) is 44.9 Å². The van der Waals surface area contributed by atoms with E-state index in [1.165, 1.54) is 18.2 Å². The fourth-order valence-corrected chi connectivity index (χ4v) is 4.14. The number of hydrogen-bond acceptors (Lipinski definition) is 11. The van der Waals surface area contributed by atoms with Crippen LogP contribution in [0.2, 0.25) is 0 Å². The Labute approximate surface area is 200 Å². The number of H-pyrrole nitrogens is 1. The van der Waals surface area contributed by atoms with Crippen molar-refractivity contribution in [2.45, 2.75) is 13.5 Å². The highest BCUT2D eigenvalue weighted by Crippen LogP contribution is 2.24. The van der Waals surface area contributed by atoms with E-state index < -0.39 is 0 Å². The molecule has 6 rings (SSSR count).